The van der Waals surface area contributed by atoms with Crippen LogP contribution < -0.4 is 5.32 Å². The Morgan fingerprint density at radius 1 is 1.50 bits per heavy atom. The molecule has 98 valence electrons. The summed E-state index contributed by atoms with van der Waals surface area (Å²) < 4.78 is 13.2. The summed E-state index contributed by atoms with van der Waals surface area (Å²) in [5, 5.41) is 21.6. The smallest absolute Gasteiger partial charge is 0.338 e. The van der Waals surface area contributed by atoms with Crippen LogP contribution in [0.1, 0.15) is 30.6 Å². The van der Waals surface area contributed by atoms with Crippen LogP contribution in [0.3, 0.4) is 0 Å². The van der Waals surface area contributed by atoms with Crippen LogP contribution in [0.15, 0.2) is 18.2 Å². The summed E-state index contributed by atoms with van der Waals surface area (Å²) in [5.41, 5.74) is -0.0610. The maximum absolute atomic E-state index is 13.2. The molecule has 1 aliphatic carbocycles. The lowest BCUT2D eigenvalue weighted by Crippen LogP contribution is -2.56. The van der Waals surface area contributed by atoms with E-state index in [9.17, 15) is 14.3 Å². The Hall–Kier alpha value is -1.62. The summed E-state index contributed by atoms with van der Waals surface area (Å²) in [5.74, 6) is -2.04. The summed E-state index contributed by atoms with van der Waals surface area (Å²) in [4.78, 5) is 10.8. The Morgan fingerprint density at radius 2 is 2.17 bits per heavy atom. The van der Waals surface area contributed by atoms with Gasteiger partial charge in [-0.25, -0.2) is 9.18 Å². The molecule has 3 N–H and O–H groups in total. The van der Waals surface area contributed by atoms with E-state index >= 15 is 0 Å². The third-order valence-electron chi connectivity index (χ3n) is 3.75. The van der Waals surface area contributed by atoms with Gasteiger partial charge in [0.05, 0.1) is 11.7 Å². The number of benzene rings is 1. The van der Waals surface area contributed by atoms with Gasteiger partial charge in [-0.05, 0) is 24.6 Å². The van der Waals surface area contributed by atoms with Gasteiger partial charge in [0.2, 0.25) is 0 Å². The highest BCUT2D eigenvalue weighted by atomic mass is 19.1. The zero-order valence-corrected chi connectivity index (χ0v) is 10.3. The number of aliphatic hydroxyl groups excluding tert-OH is 1. The number of nitrogens with one attached hydrogen (secondary N) is 1. The monoisotopic (exact) mass is 253 g/mol. The van der Waals surface area contributed by atoms with Crippen molar-refractivity contribution in [1.82, 2.24) is 0 Å². The molecule has 2 unspecified atom stereocenters. The first-order valence-corrected chi connectivity index (χ1v) is 5.80. The molecule has 0 saturated heterocycles. The first-order chi connectivity index (χ1) is 8.32. The molecule has 18 heavy (non-hydrogen) atoms. The molecular weight excluding hydrogens is 237 g/mol. The van der Waals surface area contributed by atoms with Crippen LogP contribution in [0, 0.1) is 11.2 Å². The molecule has 1 fully saturated rings. The highest BCUT2D eigenvalue weighted by Gasteiger charge is 2.47. The van der Waals surface area contributed by atoms with Crippen molar-refractivity contribution in [3.63, 3.8) is 0 Å². The van der Waals surface area contributed by atoms with Gasteiger partial charge in [0.15, 0.2) is 0 Å². The molecule has 0 radical (unpaired) electrons. The van der Waals surface area contributed by atoms with E-state index in [2.05, 4.69) is 5.32 Å². The second-order valence-corrected chi connectivity index (χ2v) is 5.27. The summed E-state index contributed by atoms with van der Waals surface area (Å²) in [6, 6.07) is 3.97. The lowest BCUT2D eigenvalue weighted by molar-refractivity contribution is -0.0510. The van der Waals surface area contributed by atoms with E-state index in [1.807, 2.05) is 13.8 Å². The minimum atomic E-state index is -1.29. The number of rotatable bonds is 3. The number of hydrogen-bond acceptors (Lipinski definition) is 3. The maximum Gasteiger partial charge on any atom is 0.338 e. The van der Waals surface area contributed by atoms with Gasteiger partial charge in [-0.1, -0.05) is 13.8 Å². The van der Waals surface area contributed by atoms with E-state index in [4.69, 9.17) is 5.11 Å². The first kappa shape index (κ1) is 12.8. The van der Waals surface area contributed by atoms with Crippen molar-refractivity contribution < 1.29 is 19.4 Å². The van der Waals surface area contributed by atoms with Gasteiger partial charge in [-0.3, -0.25) is 0 Å². The Bertz CT molecular complexity index is 487. The van der Waals surface area contributed by atoms with Gasteiger partial charge in [-0.2, -0.15) is 0 Å². The predicted molar refractivity (Wildman–Crippen MR) is 65.2 cm³/mol. The zero-order chi connectivity index (χ0) is 13.5. The quantitative estimate of drug-likeness (QED) is 0.771. The van der Waals surface area contributed by atoms with Crippen molar-refractivity contribution in [3.8, 4) is 0 Å². The number of carboxylic acids is 1. The molecule has 2 atom stereocenters. The molecule has 2 rings (SSSR count). The molecule has 0 spiro atoms. The third-order valence-corrected chi connectivity index (χ3v) is 3.75. The number of anilines is 1. The molecule has 1 saturated carbocycles. The maximum atomic E-state index is 13.2. The molecule has 0 amide bonds. The van der Waals surface area contributed by atoms with E-state index in [1.165, 1.54) is 12.1 Å². The van der Waals surface area contributed by atoms with Crippen LogP contribution >= 0.6 is 0 Å². The van der Waals surface area contributed by atoms with Crippen LogP contribution in [-0.4, -0.2) is 28.3 Å². The number of aliphatic hydroxyl groups is 1. The largest absolute Gasteiger partial charge is 0.478 e. The van der Waals surface area contributed by atoms with Crippen LogP contribution in [0.25, 0.3) is 0 Å². The van der Waals surface area contributed by atoms with E-state index in [0.717, 1.165) is 6.07 Å². The lowest BCUT2D eigenvalue weighted by atomic mass is 9.64. The van der Waals surface area contributed by atoms with Crippen LogP contribution in [0.4, 0.5) is 10.1 Å². The molecule has 1 aromatic rings. The van der Waals surface area contributed by atoms with Crippen molar-refractivity contribution in [2.24, 2.45) is 5.41 Å². The fraction of sp³-hybridized carbons (Fsp3) is 0.462. The van der Waals surface area contributed by atoms with Gasteiger partial charge in [0.1, 0.15) is 5.82 Å². The van der Waals surface area contributed by atoms with Gasteiger partial charge in [-0.15, -0.1) is 0 Å². The minimum absolute atomic E-state index is 0.0552. The van der Waals surface area contributed by atoms with Crippen molar-refractivity contribution in [3.05, 3.63) is 29.6 Å². The van der Waals surface area contributed by atoms with Crippen molar-refractivity contribution >= 4 is 11.7 Å². The number of hydrogen-bond donors (Lipinski definition) is 3. The average molecular weight is 253 g/mol. The number of carbonyl (C=O) groups is 1. The molecule has 1 aromatic carbocycles. The highest BCUT2D eigenvalue weighted by Crippen LogP contribution is 2.42. The molecule has 1 aliphatic rings. The molecule has 0 bridgehead atoms. The second kappa shape index (κ2) is 4.24. The Labute approximate surface area is 104 Å². The van der Waals surface area contributed by atoms with E-state index in [-0.39, 0.29) is 23.1 Å². The Kier molecular flexibility index (Phi) is 3.02. The van der Waals surface area contributed by atoms with Gasteiger partial charge < -0.3 is 15.5 Å². The molecule has 4 nitrogen and oxygen atoms in total. The first-order valence-electron chi connectivity index (χ1n) is 5.80. The fourth-order valence-corrected chi connectivity index (χ4v) is 2.13. The van der Waals surface area contributed by atoms with Crippen molar-refractivity contribution in [2.75, 3.05) is 5.32 Å². The average Bonchev–Trinajstić information content (AvgIpc) is 2.30. The standard InChI is InChI=1S/C13H16FNO3/c1-13(2)10(6-11(13)16)15-7-3-4-9(14)8(5-7)12(17)18/h3-5,10-11,15-16H,6H2,1-2H3,(H,17,18). The normalized spacial score (nSPS) is 25.3. The second-order valence-electron chi connectivity index (χ2n) is 5.27. The molecule has 0 heterocycles. The zero-order valence-electron chi connectivity index (χ0n) is 10.3. The van der Waals surface area contributed by atoms with E-state index in [1.54, 1.807) is 0 Å². The third kappa shape index (κ3) is 2.06. The minimum Gasteiger partial charge on any atom is -0.478 e. The SMILES string of the molecule is CC1(C)C(O)CC1Nc1ccc(F)c(C(=O)O)c1. The topological polar surface area (TPSA) is 69.6 Å². The van der Waals surface area contributed by atoms with E-state index < -0.39 is 11.8 Å². The number of aromatic carboxylic acids is 1. The molecule has 5 heteroatoms. The van der Waals surface area contributed by atoms with Gasteiger partial charge in [0, 0.05) is 17.1 Å². The Morgan fingerprint density at radius 3 is 2.67 bits per heavy atom. The van der Waals surface area contributed by atoms with Gasteiger partial charge >= 0.3 is 5.97 Å². The summed E-state index contributed by atoms with van der Waals surface area (Å²) in [7, 11) is 0. The molecule has 0 aliphatic heterocycles. The molecule has 0 aromatic heterocycles. The number of carboxylic acid groups (broad SMARTS) is 1. The lowest BCUT2D eigenvalue weighted by Gasteiger charge is -2.49. The summed E-state index contributed by atoms with van der Waals surface area (Å²) in [6.45, 7) is 3.86. The number of halogens is 1. The van der Waals surface area contributed by atoms with Gasteiger partial charge in [0.25, 0.3) is 0 Å². The highest BCUT2D eigenvalue weighted by molar-refractivity contribution is 5.89. The van der Waals surface area contributed by atoms with Crippen molar-refractivity contribution in [2.45, 2.75) is 32.4 Å². The summed E-state index contributed by atoms with van der Waals surface area (Å²) in [6.07, 6.45) is 0.238. The summed E-state index contributed by atoms with van der Waals surface area (Å²) >= 11 is 0. The van der Waals surface area contributed by atoms with E-state index in [0.29, 0.717) is 12.1 Å². The van der Waals surface area contributed by atoms with Crippen LogP contribution in [0.5, 0.6) is 0 Å². The predicted octanol–water partition coefficient (Wildman–Crippen LogP) is 2.10. The van der Waals surface area contributed by atoms with Crippen LogP contribution in [-0.2, 0) is 0 Å². The fourth-order valence-electron chi connectivity index (χ4n) is 2.13. The van der Waals surface area contributed by atoms with Crippen LogP contribution in [0.2, 0.25) is 0 Å². The Balaban J connectivity index is 2.16. The molecular formula is C13H16FNO3. The van der Waals surface area contributed by atoms with Crippen molar-refractivity contribution in [1.29, 1.82) is 0 Å².